The highest BCUT2D eigenvalue weighted by Crippen LogP contribution is 2.39. The number of hydrogen-bond acceptors (Lipinski definition) is 5. The highest BCUT2D eigenvalue weighted by Gasteiger charge is 2.53. The monoisotopic (exact) mass is 295 g/mol. The van der Waals surface area contributed by atoms with Crippen molar-refractivity contribution in [1.82, 2.24) is 9.36 Å². The largest absolute Gasteiger partial charge is 0.481 e. The lowest BCUT2D eigenvalue weighted by Gasteiger charge is -2.17. The van der Waals surface area contributed by atoms with Crippen LogP contribution in [-0.2, 0) is 11.2 Å². The molecular formula is C10H12F3N3O2S. The van der Waals surface area contributed by atoms with Gasteiger partial charge in [-0.3, -0.25) is 4.79 Å². The molecule has 1 aromatic heterocycles. The molecule has 2 rings (SSSR count). The Morgan fingerprint density at radius 3 is 2.63 bits per heavy atom. The Bertz CT molecular complexity index is 477. The number of hydrogen-bond donors (Lipinski definition) is 1. The first-order valence-corrected chi connectivity index (χ1v) is 6.47. The highest BCUT2D eigenvalue weighted by atomic mass is 32.1. The van der Waals surface area contributed by atoms with Gasteiger partial charge in [0.25, 0.3) is 0 Å². The molecule has 0 aromatic carbocycles. The Balaban J connectivity index is 2.20. The number of aryl methyl sites for hydroxylation is 1. The first-order valence-electron chi connectivity index (χ1n) is 5.70. The molecule has 1 aliphatic heterocycles. The van der Waals surface area contributed by atoms with E-state index in [0.29, 0.717) is 17.4 Å². The summed E-state index contributed by atoms with van der Waals surface area (Å²) in [6.45, 7) is 1.28. The van der Waals surface area contributed by atoms with Crippen LogP contribution in [0.2, 0.25) is 0 Å². The average Bonchev–Trinajstić information content (AvgIpc) is 2.94. The van der Waals surface area contributed by atoms with E-state index in [9.17, 15) is 18.0 Å². The summed E-state index contributed by atoms with van der Waals surface area (Å²) in [5.74, 6) is -4.18. The quantitative estimate of drug-likeness (QED) is 0.921. The third-order valence-corrected chi connectivity index (χ3v) is 3.92. The van der Waals surface area contributed by atoms with Crippen LogP contribution in [0.15, 0.2) is 0 Å². The van der Waals surface area contributed by atoms with Gasteiger partial charge in [-0.05, 0) is 0 Å². The van der Waals surface area contributed by atoms with E-state index in [1.165, 1.54) is 4.90 Å². The van der Waals surface area contributed by atoms with Crippen LogP contribution in [-0.4, -0.2) is 39.7 Å². The second-order valence-electron chi connectivity index (χ2n) is 4.34. The predicted molar refractivity (Wildman–Crippen MR) is 62.2 cm³/mol. The second-order valence-corrected chi connectivity index (χ2v) is 5.07. The van der Waals surface area contributed by atoms with Crippen LogP contribution in [0.5, 0.6) is 0 Å². The molecule has 106 valence electrons. The third kappa shape index (κ3) is 2.80. The molecule has 19 heavy (non-hydrogen) atoms. The van der Waals surface area contributed by atoms with E-state index in [1.807, 2.05) is 6.92 Å². The number of carboxylic acids is 1. The number of aromatic nitrogens is 2. The molecule has 0 aliphatic carbocycles. The zero-order valence-electron chi connectivity index (χ0n) is 10.0. The first kappa shape index (κ1) is 14.0. The maximum Gasteiger partial charge on any atom is 0.394 e. The molecule has 1 fully saturated rings. The van der Waals surface area contributed by atoms with Gasteiger partial charge in [0.05, 0.1) is 11.8 Å². The van der Waals surface area contributed by atoms with Crippen LogP contribution in [0.25, 0.3) is 0 Å². The summed E-state index contributed by atoms with van der Waals surface area (Å²) >= 11 is 1.00. The maximum atomic E-state index is 12.8. The molecule has 0 spiro atoms. The number of anilines is 1. The molecule has 1 aromatic rings. The molecular weight excluding hydrogens is 283 g/mol. The molecule has 0 bridgehead atoms. The van der Waals surface area contributed by atoms with Crippen LogP contribution in [0.1, 0.15) is 12.7 Å². The van der Waals surface area contributed by atoms with Gasteiger partial charge < -0.3 is 10.0 Å². The standard InChI is InChI=1S/C10H12F3N3O2S/c1-2-7-14-9(19-15-7)16-3-5(8(17)18)6(4-16)10(11,12)13/h5-6H,2-4H2,1H3,(H,17,18)/t5-,6-/m1/s1. The molecule has 2 atom stereocenters. The lowest BCUT2D eigenvalue weighted by molar-refractivity contribution is -0.187. The van der Waals surface area contributed by atoms with E-state index in [2.05, 4.69) is 9.36 Å². The Labute approximate surface area is 111 Å². The average molecular weight is 295 g/mol. The van der Waals surface area contributed by atoms with Crippen molar-refractivity contribution in [2.24, 2.45) is 11.8 Å². The van der Waals surface area contributed by atoms with Crippen molar-refractivity contribution in [3.05, 3.63) is 5.82 Å². The number of carbonyl (C=O) groups is 1. The summed E-state index contributed by atoms with van der Waals surface area (Å²) in [5, 5.41) is 9.26. The number of rotatable bonds is 3. The van der Waals surface area contributed by atoms with Crippen LogP contribution in [0.4, 0.5) is 18.3 Å². The van der Waals surface area contributed by atoms with Gasteiger partial charge in [0.15, 0.2) is 0 Å². The molecule has 1 aliphatic rings. The van der Waals surface area contributed by atoms with E-state index in [0.717, 1.165) is 11.5 Å². The maximum absolute atomic E-state index is 12.8. The summed E-state index contributed by atoms with van der Waals surface area (Å²) in [4.78, 5) is 16.4. The fourth-order valence-corrected chi connectivity index (χ4v) is 2.83. The smallest absolute Gasteiger partial charge is 0.394 e. The van der Waals surface area contributed by atoms with Gasteiger partial charge in [-0.2, -0.15) is 17.5 Å². The number of nitrogens with zero attached hydrogens (tertiary/aromatic N) is 3. The Morgan fingerprint density at radius 1 is 1.53 bits per heavy atom. The molecule has 0 radical (unpaired) electrons. The molecule has 1 N–H and O–H groups in total. The van der Waals surface area contributed by atoms with E-state index in [1.54, 1.807) is 0 Å². The van der Waals surface area contributed by atoms with Gasteiger partial charge in [0, 0.05) is 31.0 Å². The van der Waals surface area contributed by atoms with Crippen LogP contribution in [0.3, 0.4) is 0 Å². The minimum atomic E-state index is -4.52. The molecule has 2 heterocycles. The van der Waals surface area contributed by atoms with Gasteiger partial charge in [-0.15, -0.1) is 0 Å². The topological polar surface area (TPSA) is 66.3 Å². The SMILES string of the molecule is CCc1nsc(N2C[C@@H](C(F)(F)F)[C@H](C(=O)O)C2)n1. The van der Waals surface area contributed by atoms with E-state index in [4.69, 9.17) is 5.11 Å². The van der Waals surface area contributed by atoms with Crippen LogP contribution >= 0.6 is 11.5 Å². The molecule has 9 heteroatoms. The van der Waals surface area contributed by atoms with E-state index < -0.39 is 24.0 Å². The number of alkyl halides is 3. The summed E-state index contributed by atoms with van der Waals surface area (Å²) < 4.78 is 42.4. The summed E-state index contributed by atoms with van der Waals surface area (Å²) in [7, 11) is 0. The van der Waals surface area contributed by atoms with E-state index >= 15 is 0 Å². The Hall–Kier alpha value is -1.38. The lowest BCUT2D eigenvalue weighted by Crippen LogP contribution is -2.33. The molecule has 0 unspecified atom stereocenters. The summed E-state index contributed by atoms with van der Waals surface area (Å²) in [6, 6.07) is 0. The van der Waals surface area contributed by atoms with Crippen molar-refractivity contribution < 1.29 is 23.1 Å². The Morgan fingerprint density at radius 2 is 2.21 bits per heavy atom. The summed E-state index contributed by atoms with van der Waals surface area (Å²) in [6.07, 6.45) is -3.93. The highest BCUT2D eigenvalue weighted by molar-refractivity contribution is 7.09. The van der Waals surface area contributed by atoms with Crippen molar-refractivity contribution in [3.8, 4) is 0 Å². The van der Waals surface area contributed by atoms with Crippen molar-refractivity contribution in [3.63, 3.8) is 0 Å². The fraction of sp³-hybridized carbons (Fsp3) is 0.700. The minimum Gasteiger partial charge on any atom is -0.481 e. The zero-order chi connectivity index (χ0) is 14.2. The molecule has 1 saturated heterocycles. The second kappa shape index (κ2) is 4.95. The molecule has 5 nitrogen and oxygen atoms in total. The lowest BCUT2D eigenvalue weighted by atomic mass is 9.96. The zero-order valence-corrected chi connectivity index (χ0v) is 10.8. The minimum absolute atomic E-state index is 0.183. The van der Waals surface area contributed by atoms with Crippen LogP contribution < -0.4 is 4.90 Å². The number of carboxylic acid groups (broad SMARTS) is 1. The Kier molecular flexibility index (Phi) is 3.66. The van der Waals surface area contributed by atoms with Gasteiger partial charge in [-0.25, -0.2) is 4.98 Å². The van der Waals surface area contributed by atoms with Crippen molar-refractivity contribution in [1.29, 1.82) is 0 Å². The van der Waals surface area contributed by atoms with Crippen molar-refractivity contribution >= 4 is 22.6 Å². The van der Waals surface area contributed by atoms with E-state index in [-0.39, 0.29) is 13.1 Å². The van der Waals surface area contributed by atoms with Crippen LogP contribution in [0, 0.1) is 11.8 Å². The number of halogens is 3. The summed E-state index contributed by atoms with van der Waals surface area (Å²) in [5.41, 5.74) is 0. The molecule has 0 amide bonds. The predicted octanol–water partition coefficient (Wildman–Crippen LogP) is 1.80. The van der Waals surface area contributed by atoms with Gasteiger partial charge in [0.1, 0.15) is 5.82 Å². The molecule has 0 saturated carbocycles. The van der Waals surface area contributed by atoms with Crippen molar-refractivity contribution in [2.45, 2.75) is 19.5 Å². The van der Waals surface area contributed by atoms with Gasteiger partial charge >= 0.3 is 12.1 Å². The van der Waals surface area contributed by atoms with Gasteiger partial charge in [0.2, 0.25) is 5.13 Å². The normalized spacial score (nSPS) is 23.9. The van der Waals surface area contributed by atoms with Gasteiger partial charge in [-0.1, -0.05) is 6.92 Å². The fourth-order valence-electron chi connectivity index (χ4n) is 2.06. The number of aliphatic carboxylic acids is 1. The first-order chi connectivity index (χ1) is 8.82. The van der Waals surface area contributed by atoms with Crippen molar-refractivity contribution in [2.75, 3.05) is 18.0 Å². The third-order valence-electron chi connectivity index (χ3n) is 3.10.